The van der Waals surface area contributed by atoms with E-state index in [1.165, 1.54) is 18.4 Å². The number of rotatable bonds is 2. The van der Waals surface area contributed by atoms with Gasteiger partial charge in [0.25, 0.3) is 0 Å². The molecular formula is C20H24N2O2. The summed E-state index contributed by atoms with van der Waals surface area (Å²) in [5.74, 6) is 0.494. The van der Waals surface area contributed by atoms with E-state index in [9.17, 15) is 4.79 Å². The molecule has 4 fully saturated rings. The molecule has 1 unspecified atom stereocenters. The van der Waals surface area contributed by atoms with E-state index < -0.39 is 0 Å². The second-order valence-electron chi connectivity index (χ2n) is 7.86. The van der Waals surface area contributed by atoms with Gasteiger partial charge in [0.1, 0.15) is 12.0 Å². The topological polar surface area (TPSA) is 41.6 Å². The summed E-state index contributed by atoms with van der Waals surface area (Å²) in [6.45, 7) is 5.95. The van der Waals surface area contributed by atoms with E-state index in [-0.39, 0.29) is 18.0 Å². The monoisotopic (exact) mass is 324 g/mol. The number of fused-ring (bicyclic) bond motifs is 2. The third kappa shape index (κ3) is 2.20. The Kier molecular flexibility index (Phi) is 3.24. The fourth-order valence-electron chi connectivity index (χ4n) is 5.28. The van der Waals surface area contributed by atoms with Crippen LogP contribution in [0.3, 0.4) is 0 Å². The summed E-state index contributed by atoms with van der Waals surface area (Å²) in [6, 6.07) is 9.23. The number of para-hydroxylation sites is 1. The molecule has 4 nitrogen and oxygen atoms in total. The van der Waals surface area contributed by atoms with Crippen molar-refractivity contribution in [3.63, 3.8) is 0 Å². The molecular weight excluding hydrogens is 300 g/mol. The van der Waals surface area contributed by atoms with Crippen molar-refractivity contribution in [2.75, 3.05) is 18.4 Å². The number of piperidine rings is 4. The third-order valence-electron chi connectivity index (χ3n) is 6.48. The summed E-state index contributed by atoms with van der Waals surface area (Å²) >= 11 is 0. The molecule has 0 saturated carbocycles. The van der Waals surface area contributed by atoms with Gasteiger partial charge in [-0.15, -0.1) is 0 Å². The molecule has 1 aromatic rings. The molecule has 0 aromatic heterocycles. The van der Waals surface area contributed by atoms with Crippen molar-refractivity contribution in [2.45, 2.75) is 49.8 Å². The van der Waals surface area contributed by atoms with Gasteiger partial charge < -0.3 is 10.1 Å². The molecule has 0 amide bonds. The lowest BCUT2D eigenvalue weighted by Crippen LogP contribution is -2.60. The Morgan fingerprint density at radius 2 is 1.92 bits per heavy atom. The van der Waals surface area contributed by atoms with Crippen molar-refractivity contribution in [3.8, 4) is 0 Å². The van der Waals surface area contributed by atoms with Gasteiger partial charge in [0.15, 0.2) is 0 Å². The first-order valence-corrected chi connectivity index (χ1v) is 9.15. The summed E-state index contributed by atoms with van der Waals surface area (Å²) in [4.78, 5) is 15.3. The largest absolute Gasteiger partial charge is 0.462 e. The average molecular weight is 324 g/mol. The lowest BCUT2D eigenvalue weighted by molar-refractivity contribution is -0.158. The molecule has 3 atom stereocenters. The number of anilines is 1. The van der Waals surface area contributed by atoms with Crippen molar-refractivity contribution in [1.82, 2.24) is 4.90 Å². The number of nitrogens with zero attached hydrogens (tertiary/aromatic N) is 1. The summed E-state index contributed by atoms with van der Waals surface area (Å²) in [7, 11) is 0. The molecule has 0 spiro atoms. The van der Waals surface area contributed by atoms with E-state index in [2.05, 4.69) is 16.8 Å². The molecule has 126 valence electrons. The normalized spacial score (nSPS) is 39.2. The van der Waals surface area contributed by atoms with Crippen molar-refractivity contribution in [1.29, 1.82) is 0 Å². The number of carbonyl (C=O) groups excluding carboxylic acids is 1. The zero-order chi connectivity index (χ0) is 16.3. The fourth-order valence-corrected chi connectivity index (χ4v) is 5.28. The standard InChI is InChI=1S/C20H24N2O2/c1-12-11-22-14-6-13(12)7-15(22)9-16(8-14)24-20(23)18-10-21-19-5-3-2-4-17(18)19/h2-5,13-16,18,21H,1,6-11H2/t13?,14-,15-,16?,18?/m1/s1. The minimum absolute atomic E-state index is 0.0537. The second kappa shape index (κ2) is 5.35. The van der Waals surface area contributed by atoms with Crippen LogP contribution in [0.1, 0.15) is 37.2 Å². The van der Waals surface area contributed by atoms with Crippen LogP contribution in [-0.4, -0.2) is 42.1 Å². The van der Waals surface area contributed by atoms with Gasteiger partial charge >= 0.3 is 5.97 Å². The maximum atomic E-state index is 12.7. The van der Waals surface area contributed by atoms with Gasteiger partial charge in [0, 0.05) is 43.7 Å². The highest BCUT2D eigenvalue weighted by Gasteiger charge is 2.47. The van der Waals surface area contributed by atoms with Crippen molar-refractivity contribution in [3.05, 3.63) is 42.0 Å². The lowest BCUT2D eigenvalue weighted by atomic mass is 9.70. The highest BCUT2D eigenvalue weighted by molar-refractivity contribution is 5.84. The van der Waals surface area contributed by atoms with E-state index in [1.54, 1.807) is 0 Å². The number of benzene rings is 1. The molecule has 6 rings (SSSR count). The molecule has 4 saturated heterocycles. The van der Waals surface area contributed by atoms with Gasteiger partial charge in [-0.05, 0) is 30.4 Å². The van der Waals surface area contributed by atoms with Gasteiger partial charge in [-0.2, -0.15) is 0 Å². The van der Waals surface area contributed by atoms with Crippen LogP contribution in [0.25, 0.3) is 0 Å². The Morgan fingerprint density at radius 3 is 2.67 bits per heavy atom. The molecule has 1 N–H and O–H groups in total. The molecule has 5 aliphatic rings. The quantitative estimate of drug-likeness (QED) is 0.671. The van der Waals surface area contributed by atoms with Crippen molar-refractivity contribution in [2.24, 2.45) is 5.92 Å². The third-order valence-corrected chi connectivity index (χ3v) is 6.48. The van der Waals surface area contributed by atoms with Crippen molar-refractivity contribution < 1.29 is 9.53 Å². The summed E-state index contributed by atoms with van der Waals surface area (Å²) in [5, 5.41) is 3.32. The van der Waals surface area contributed by atoms with Gasteiger partial charge in [0.05, 0.1) is 0 Å². The minimum atomic E-state index is -0.153. The van der Waals surface area contributed by atoms with Crippen LogP contribution in [0.5, 0.6) is 0 Å². The number of hydrogen-bond acceptors (Lipinski definition) is 4. The number of ether oxygens (including phenoxy) is 1. The van der Waals surface area contributed by atoms with E-state index in [1.807, 2.05) is 24.3 Å². The minimum Gasteiger partial charge on any atom is -0.462 e. The zero-order valence-corrected chi connectivity index (χ0v) is 13.9. The predicted molar refractivity (Wildman–Crippen MR) is 92.9 cm³/mol. The molecule has 1 aromatic carbocycles. The van der Waals surface area contributed by atoms with Gasteiger partial charge in [0.2, 0.25) is 0 Å². The van der Waals surface area contributed by atoms with E-state index >= 15 is 0 Å². The fraction of sp³-hybridized carbons (Fsp3) is 0.550. The van der Waals surface area contributed by atoms with Gasteiger partial charge in [-0.25, -0.2) is 0 Å². The Hall–Kier alpha value is -1.81. The first-order chi connectivity index (χ1) is 11.7. The zero-order valence-electron chi connectivity index (χ0n) is 13.9. The van der Waals surface area contributed by atoms with Crippen LogP contribution < -0.4 is 5.32 Å². The first-order valence-electron chi connectivity index (χ1n) is 9.15. The maximum Gasteiger partial charge on any atom is 0.315 e. The van der Waals surface area contributed by atoms with E-state index in [4.69, 9.17) is 4.74 Å². The van der Waals surface area contributed by atoms with Crippen LogP contribution in [0, 0.1) is 5.92 Å². The SMILES string of the molecule is C=C1CN2[C@H]3CC(OC(=O)C4CNc5ccccc54)C[C@H]2CC1C3. The number of hydrogen-bond donors (Lipinski definition) is 1. The second-order valence-corrected chi connectivity index (χ2v) is 7.86. The first kappa shape index (κ1) is 14.5. The molecule has 4 bridgehead atoms. The molecule has 4 heteroatoms. The van der Waals surface area contributed by atoms with Crippen LogP contribution in [0.15, 0.2) is 36.4 Å². The van der Waals surface area contributed by atoms with Crippen molar-refractivity contribution >= 4 is 11.7 Å². The highest BCUT2D eigenvalue weighted by atomic mass is 16.5. The lowest BCUT2D eigenvalue weighted by Gasteiger charge is -2.56. The Bertz CT molecular complexity index is 685. The van der Waals surface area contributed by atoms with Crippen LogP contribution >= 0.6 is 0 Å². The molecule has 5 heterocycles. The molecule has 24 heavy (non-hydrogen) atoms. The number of carbonyl (C=O) groups is 1. The highest BCUT2D eigenvalue weighted by Crippen LogP contribution is 2.45. The summed E-state index contributed by atoms with van der Waals surface area (Å²) < 4.78 is 5.97. The average Bonchev–Trinajstić information content (AvgIpc) is 2.99. The van der Waals surface area contributed by atoms with E-state index in [0.29, 0.717) is 24.5 Å². The molecule has 0 aliphatic carbocycles. The van der Waals surface area contributed by atoms with Crippen LogP contribution in [0.2, 0.25) is 0 Å². The Balaban J connectivity index is 1.27. The maximum absolute atomic E-state index is 12.7. The summed E-state index contributed by atoms with van der Waals surface area (Å²) in [6.07, 6.45) is 4.49. The van der Waals surface area contributed by atoms with Gasteiger partial charge in [-0.1, -0.05) is 30.4 Å². The predicted octanol–water partition coefficient (Wildman–Crippen LogP) is 2.92. The Labute approximate surface area is 142 Å². The molecule has 0 radical (unpaired) electrons. The molecule has 5 aliphatic heterocycles. The summed E-state index contributed by atoms with van der Waals surface area (Å²) in [5.41, 5.74) is 3.56. The smallest absolute Gasteiger partial charge is 0.315 e. The number of nitrogens with one attached hydrogen (secondary N) is 1. The number of esters is 1. The van der Waals surface area contributed by atoms with Gasteiger partial charge in [-0.3, -0.25) is 9.69 Å². The van der Waals surface area contributed by atoms with Crippen LogP contribution in [0.4, 0.5) is 5.69 Å². The van der Waals surface area contributed by atoms with Crippen LogP contribution in [-0.2, 0) is 9.53 Å². The van der Waals surface area contributed by atoms with E-state index in [0.717, 1.165) is 30.6 Å². The Morgan fingerprint density at radius 1 is 1.17 bits per heavy atom.